The fourth-order valence-corrected chi connectivity index (χ4v) is 2.04. The Morgan fingerprint density at radius 2 is 2.11 bits per heavy atom. The summed E-state index contributed by atoms with van der Waals surface area (Å²) in [6, 6.07) is 1.90. The number of pyridine rings is 1. The Morgan fingerprint density at radius 3 is 2.78 bits per heavy atom. The second-order valence-electron chi connectivity index (χ2n) is 4.33. The first kappa shape index (κ1) is 13.1. The molecule has 0 aromatic carbocycles. The molecule has 1 aromatic heterocycles. The normalized spacial score (nSPS) is 14.7. The van der Waals surface area contributed by atoms with Crippen LogP contribution in [0.15, 0.2) is 6.07 Å². The minimum Gasteiger partial charge on any atom is -0.477 e. The highest BCUT2D eigenvalue weighted by Gasteiger charge is 2.27. The van der Waals surface area contributed by atoms with Crippen molar-refractivity contribution in [3.63, 3.8) is 0 Å². The first-order valence-corrected chi connectivity index (χ1v) is 5.91. The van der Waals surface area contributed by atoms with E-state index in [1.54, 1.807) is 0 Å². The lowest BCUT2D eigenvalue weighted by atomic mass is 10.1. The van der Waals surface area contributed by atoms with Gasteiger partial charge < -0.3 is 10.5 Å². The molecule has 1 aliphatic carbocycles. The van der Waals surface area contributed by atoms with Gasteiger partial charge in [-0.15, -0.1) is 0 Å². The molecule has 0 atom stereocenters. The van der Waals surface area contributed by atoms with Crippen molar-refractivity contribution in [2.24, 2.45) is 5.73 Å². The van der Waals surface area contributed by atoms with Crippen LogP contribution in [-0.4, -0.2) is 17.8 Å². The smallest absolute Gasteiger partial charge is 0.392 e. The molecule has 0 radical (unpaired) electrons. The maximum Gasteiger partial charge on any atom is 0.392 e. The molecule has 3 nitrogen and oxygen atoms in total. The maximum atomic E-state index is 12.0. The number of alkyl halides is 3. The number of hydrogen-bond donors (Lipinski definition) is 1. The van der Waals surface area contributed by atoms with Crippen LogP contribution in [0.2, 0.25) is 0 Å². The lowest BCUT2D eigenvalue weighted by Gasteiger charge is -2.12. The van der Waals surface area contributed by atoms with Gasteiger partial charge in [0, 0.05) is 17.8 Å². The number of nitrogens with zero attached hydrogens (tertiary/aromatic N) is 1. The zero-order valence-electron chi connectivity index (χ0n) is 9.89. The Balaban J connectivity index is 2.07. The van der Waals surface area contributed by atoms with Gasteiger partial charge in [-0.25, -0.2) is 4.98 Å². The molecule has 18 heavy (non-hydrogen) atoms. The lowest BCUT2D eigenvalue weighted by molar-refractivity contribution is -0.139. The van der Waals surface area contributed by atoms with Crippen molar-refractivity contribution < 1.29 is 17.9 Å². The van der Waals surface area contributed by atoms with Crippen molar-refractivity contribution in [2.45, 2.75) is 38.4 Å². The van der Waals surface area contributed by atoms with Crippen LogP contribution in [0.25, 0.3) is 0 Å². The summed E-state index contributed by atoms with van der Waals surface area (Å²) in [7, 11) is 0. The molecule has 0 amide bonds. The van der Waals surface area contributed by atoms with Gasteiger partial charge in [-0.05, 0) is 30.9 Å². The maximum absolute atomic E-state index is 12.0. The average Bonchev–Trinajstić information content (AvgIpc) is 2.73. The molecule has 2 N–H and O–H groups in total. The number of aromatic nitrogens is 1. The predicted octanol–water partition coefficient (Wildman–Crippen LogP) is 2.36. The molecular weight excluding hydrogens is 245 g/mol. The van der Waals surface area contributed by atoms with Crippen molar-refractivity contribution in [2.75, 3.05) is 6.61 Å². The Bertz CT molecular complexity index is 432. The van der Waals surface area contributed by atoms with Gasteiger partial charge in [-0.2, -0.15) is 13.2 Å². The summed E-state index contributed by atoms with van der Waals surface area (Å²) in [4.78, 5) is 4.27. The number of hydrogen-bond acceptors (Lipinski definition) is 3. The number of halogens is 3. The molecule has 0 spiro atoms. The number of fused-ring (bicyclic) bond motifs is 1. The highest BCUT2D eigenvalue weighted by Crippen LogP contribution is 2.27. The van der Waals surface area contributed by atoms with Gasteiger partial charge in [0.1, 0.15) is 0 Å². The lowest BCUT2D eigenvalue weighted by Crippen LogP contribution is -2.15. The van der Waals surface area contributed by atoms with E-state index in [1.165, 1.54) is 0 Å². The quantitative estimate of drug-likeness (QED) is 0.904. The van der Waals surface area contributed by atoms with E-state index < -0.39 is 19.2 Å². The predicted molar refractivity (Wildman–Crippen MR) is 60.3 cm³/mol. The van der Waals surface area contributed by atoms with E-state index in [1.807, 2.05) is 6.07 Å². The molecule has 0 saturated heterocycles. The third-order valence-corrected chi connectivity index (χ3v) is 2.93. The van der Waals surface area contributed by atoms with Crippen LogP contribution in [0, 0.1) is 0 Å². The molecule has 1 heterocycles. The molecule has 100 valence electrons. The van der Waals surface area contributed by atoms with Crippen LogP contribution in [0.4, 0.5) is 13.2 Å². The van der Waals surface area contributed by atoms with Gasteiger partial charge in [0.05, 0.1) is 13.0 Å². The molecular formula is C12H15F3N2O. The van der Waals surface area contributed by atoms with Crippen molar-refractivity contribution in [1.82, 2.24) is 4.98 Å². The Morgan fingerprint density at radius 1 is 1.33 bits per heavy atom. The summed E-state index contributed by atoms with van der Waals surface area (Å²) < 4.78 is 41.2. The standard InChI is InChI=1S/C12H15F3N2O/c13-12(14,15)4-5-18-11-9(7-16)6-8-2-1-3-10(8)17-11/h6H,1-5,7,16H2. The third kappa shape index (κ3) is 3.13. The van der Waals surface area contributed by atoms with Crippen LogP contribution in [0.3, 0.4) is 0 Å². The van der Waals surface area contributed by atoms with Crippen LogP contribution >= 0.6 is 0 Å². The molecule has 0 fully saturated rings. The van der Waals surface area contributed by atoms with Crippen molar-refractivity contribution in [3.05, 3.63) is 22.9 Å². The van der Waals surface area contributed by atoms with E-state index in [9.17, 15) is 13.2 Å². The molecule has 0 unspecified atom stereocenters. The average molecular weight is 260 g/mol. The van der Waals surface area contributed by atoms with E-state index >= 15 is 0 Å². The van der Waals surface area contributed by atoms with Gasteiger partial charge in [-0.1, -0.05) is 0 Å². The summed E-state index contributed by atoms with van der Waals surface area (Å²) in [5.74, 6) is 0.252. The number of rotatable bonds is 4. The van der Waals surface area contributed by atoms with Gasteiger partial charge in [0.15, 0.2) is 0 Å². The Hall–Kier alpha value is -1.30. The minimum atomic E-state index is -4.21. The highest BCUT2D eigenvalue weighted by atomic mass is 19.4. The fourth-order valence-electron chi connectivity index (χ4n) is 2.04. The van der Waals surface area contributed by atoms with Gasteiger partial charge in [-0.3, -0.25) is 0 Å². The van der Waals surface area contributed by atoms with Crippen LogP contribution in [0.1, 0.15) is 29.7 Å². The number of ether oxygens (including phenoxy) is 1. The molecule has 1 aromatic rings. The van der Waals surface area contributed by atoms with Crippen molar-refractivity contribution in [3.8, 4) is 5.88 Å². The highest BCUT2D eigenvalue weighted by molar-refractivity contribution is 5.36. The molecule has 2 rings (SSSR count). The molecule has 0 saturated carbocycles. The fraction of sp³-hybridized carbons (Fsp3) is 0.583. The minimum absolute atomic E-state index is 0.224. The van der Waals surface area contributed by atoms with E-state index in [-0.39, 0.29) is 12.4 Å². The molecule has 1 aliphatic rings. The van der Waals surface area contributed by atoms with Gasteiger partial charge >= 0.3 is 6.18 Å². The number of aryl methyl sites for hydroxylation is 2. The van der Waals surface area contributed by atoms with Gasteiger partial charge in [0.2, 0.25) is 5.88 Å². The second kappa shape index (κ2) is 5.14. The van der Waals surface area contributed by atoms with Gasteiger partial charge in [0.25, 0.3) is 0 Å². The van der Waals surface area contributed by atoms with E-state index in [0.717, 1.165) is 30.5 Å². The summed E-state index contributed by atoms with van der Waals surface area (Å²) in [6.07, 6.45) is -2.35. The van der Waals surface area contributed by atoms with E-state index in [4.69, 9.17) is 10.5 Å². The van der Waals surface area contributed by atoms with Crippen molar-refractivity contribution >= 4 is 0 Å². The number of nitrogens with two attached hydrogens (primary N) is 1. The van der Waals surface area contributed by atoms with E-state index in [2.05, 4.69) is 4.98 Å². The van der Waals surface area contributed by atoms with Crippen LogP contribution in [0.5, 0.6) is 5.88 Å². The molecule has 6 heteroatoms. The summed E-state index contributed by atoms with van der Waals surface area (Å²) >= 11 is 0. The first-order valence-electron chi connectivity index (χ1n) is 5.91. The Kier molecular flexibility index (Phi) is 3.75. The van der Waals surface area contributed by atoms with Crippen molar-refractivity contribution in [1.29, 1.82) is 0 Å². The molecule has 0 aliphatic heterocycles. The first-order chi connectivity index (χ1) is 8.49. The summed E-state index contributed by atoms with van der Waals surface area (Å²) in [5, 5.41) is 0. The third-order valence-electron chi connectivity index (χ3n) is 2.93. The Labute approximate surface area is 103 Å². The monoisotopic (exact) mass is 260 g/mol. The SMILES string of the molecule is NCc1cc2c(nc1OCCC(F)(F)F)CCC2. The van der Waals surface area contributed by atoms with Crippen LogP contribution < -0.4 is 10.5 Å². The van der Waals surface area contributed by atoms with Crippen LogP contribution in [-0.2, 0) is 19.4 Å². The topological polar surface area (TPSA) is 48.1 Å². The largest absolute Gasteiger partial charge is 0.477 e. The second-order valence-corrected chi connectivity index (χ2v) is 4.33. The summed E-state index contributed by atoms with van der Waals surface area (Å²) in [5.41, 5.74) is 8.30. The zero-order chi connectivity index (χ0) is 13.2. The zero-order valence-corrected chi connectivity index (χ0v) is 9.89. The summed E-state index contributed by atoms with van der Waals surface area (Å²) in [6.45, 7) is -0.191. The van der Waals surface area contributed by atoms with E-state index in [0.29, 0.717) is 5.56 Å². The molecule has 0 bridgehead atoms.